The van der Waals surface area contributed by atoms with E-state index in [1.807, 2.05) is 18.2 Å². The molecule has 2 aromatic rings. The zero-order chi connectivity index (χ0) is 12.0. The van der Waals surface area contributed by atoms with Gasteiger partial charge in [0.05, 0.1) is 12.6 Å². The Hall–Kier alpha value is -1.97. The first-order valence-corrected chi connectivity index (χ1v) is 5.68. The number of methoxy groups -OCH3 is 1. The van der Waals surface area contributed by atoms with Crippen LogP contribution in [0.15, 0.2) is 23.0 Å². The summed E-state index contributed by atoms with van der Waals surface area (Å²) in [5.74, 6) is 1.12. The molecule has 3 rings (SSSR count). The van der Waals surface area contributed by atoms with Gasteiger partial charge < -0.3 is 15.0 Å². The first kappa shape index (κ1) is 10.2. The van der Waals surface area contributed by atoms with Crippen molar-refractivity contribution in [3.63, 3.8) is 0 Å². The summed E-state index contributed by atoms with van der Waals surface area (Å²) in [6, 6.07) is 5.79. The normalized spacial score (nSPS) is 17.9. The maximum atomic E-state index is 11.9. The van der Waals surface area contributed by atoms with Crippen molar-refractivity contribution in [2.45, 2.75) is 12.8 Å². The Balaban J connectivity index is 2.39. The Kier molecular flexibility index (Phi) is 2.11. The number of benzene rings is 1. The second-order valence-corrected chi connectivity index (χ2v) is 4.44. The number of fused-ring (bicyclic) bond motifs is 3. The number of nitrogens with one attached hydrogen (secondary N) is 2. The second kappa shape index (κ2) is 3.52. The summed E-state index contributed by atoms with van der Waals surface area (Å²) >= 11 is 0. The zero-order valence-corrected chi connectivity index (χ0v) is 9.83. The summed E-state index contributed by atoms with van der Waals surface area (Å²) in [7, 11) is 1.62. The standard InChI is InChI=1S/C13H14N2O2/c1-7-6-14-12-11(7)9-4-3-8(17-2)5-10(9)15-13(12)16/h3-5,7,14H,6H2,1-2H3,(H,15,16). The third-order valence-corrected chi connectivity index (χ3v) is 3.34. The van der Waals surface area contributed by atoms with Crippen molar-refractivity contribution in [3.05, 3.63) is 34.1 Å². The summed E-state index contributed by atoms with van der Waals surface area (Å²) < 4.78 is 5.17. The predicted molar refractivity (Wildman–Crippen MR) is 68.0 cm³/mol. The molecule has 0 fully saturated rings. The van der Waals surface area contributed by atoms with Crippen LogP contribution in [0, 0.1) is 0 Å². The first-order valence-electron chi connectivity index (χ1n) is 5.68. The monoisotopic (exact) mass is 230 g/mol. The Morgan fingerprint density at radius 3 is 3.00 bits per heavy atom. The Bertz CT molecular complexity index is 646. The van der Waals surface area contributed by atoms with Crippen LogP contribution in [-0.4, -0.2) is 18.6 Å². The van der Waals surface area contributed by atoms with Crippen LogP contribution < -0.4 is 15.6 Å². The lowest BCUT2D eigenvalue weighted by Crippen LogP contribution is -2.11. The minimum atomic E-state index is -0.0508. The molecule has 4 heteroatoms. The molecule has 4 nitrogen and oxygen atoms in total. The van der Waals surface area contributed by atoms with Gasteiger partial charge in [0.15, 0.2) is 0 Å². The minimum absolute atomic E-state index is 0.0508. The molecule has 0 spiro atoms. The highest BCUT2D eigenvalue weighted by molar-refractivity contribution is 5.89. The summed E-state index contributed by atoms with van der Waals surface area (Å²) in [6.45, 7) is 2.95. The molecule has 0 aliphatic carbocycles. The molecule has 0 amide bonds. The SMILES string of the molecule is COc1ccc2c3c(c(=O)[nH]c2c1)NCC3C. The van der Waals surface area contributed by atoms with Crippen molar-refractivity contribution in [1.82, 2.24) is 4.98 Å². The maximum Gasteiger partial charge on any atom is 0.272 e. The number of aromatic nitrogens is 1. The van der Waals surface area contributed by atoms with Crippen molar-refractivity contribution in [1.29, 1.82) is 0 Å². The van der Waals surface area contributed by atoms with Gasteiger partial charge in [0, 0.05) is 23.9 Å². The molecule has 17 heavy (non-hydrogen) atoms. The fourth-order valence-corrected chi connectivity index (χ4v) is 2.47. The zero-order valence-electron chi connectivity index (χ0n) is 9.83. The molecule has 88 valence electrons. The summed E-state index contributed by atoms with van der Waals surface area (Å²) in [4.78, 5) is 14.8. The molecule has 2 N–H and O–H groups in total. The Morgan fingerprint density at radius 2 is 2.24 bits per heavy atom. The van der Waals surface area contributed by atoms with E-state index in [1.165, 1.54) is 0 Å². The highest BCUT2D eigenvalue weighted by atomic mass is 16.5. The van der Waals surface area contributed by atoms with E-state index >= 15 is 0 Å². The molecule has 1 aromatic carbocycles. The van der Waals surface area contributed by atoms with E-state index in [9.17, 15) is 4.79 Å². The Labute approximate surface area is 98.6 Å². The average molecular weight is 230 g/mol. The molecule has 1 aromatic heterocycles. The van der Waals surface area contributed by atoms with Gasteiger partial charge in [-0.2, -0.15) is 0 Å². The van der Waals surface area contributed by atoms with Gasteiger partial charge in [-0.15, -0.1) is 0 Å². The number of pyridine rings is 1. The predicted octanol–water partition coefficient (Wildman–Crippen LogP) is 2.07. The number of H-pyrrole nitrogens is 1. The third kappa shape index (κ3) is 1.40. The van der Waals surface area contributed by atoms with Crippen molar-refractivity contribution in [3.8, 4) is 5.75 Å². The fourth-order valence-electron chi connectivity index (χ4n) is 2.47. The van der Waals surface area contributed by atoms with E-state index in [4.69, 9.17) is 4.74 Å². The van der Waals surface area contributed by atoms with Gasteiger partial charge in [0.25, 0.3) is 5.56 Å². The van der Waals surface area contributed by atoms with Crippen molar-refractivity contribution in [2.75, 3.05) is 19.0 Å². The van der Waals surface area contributed by atoms with Gasteiger partial charge in [-0.25, -0.2) is 0 Å². The van der Waals surface area contributed by atoms with Crippen molar-refractivity contribution in [2.24, 2.45) is 0 Å². The summed E-state index contributed by atoms with van der Waals surface area (Å²) in [5, 5.41) is 4.26. The average Bonchev–Trinajstić information content (AvgIpc) is 2.72. The molecular weight excluding hydrogens is 216 g/mol. The molecule has 0 radical (unpaired) electrons. The number of rotatable bonds is 1. The number of aromatic amines is 1. The first-order chi connectivity index (χ1) is 8.20. The summed E-state index contributed by atoms with van der Waals surface area (Å²) in [5.41, 5.74) is 2.62. The molecule has 1 aliphatic heterocycles. The molecule has 0 saturated heterocycles. The second-order valence-electron chi connectivity index (χ2n) is 4.44. The quantitative estimate of drug-likeness (QED) is 0.788. The van der Waals surface area contributed by atoms with Crippen LogP contribution in [0.2, 0.25) is 0 Å². The highest BCUT2D eigenvalue weighted by Gasteiger charge is 2.23. The number of hydrogen-bond donors (Lipinski definition) is 2. The fraction of sp³-hybridized carbons (Fsp3) is 0.308. The van der Waals surface area contributed by atoms with E-state index in [0.717, 1.165) is 34.4 Å². The van der Waals surface area contributed by atoms with E-state index in [0.29, 0.717) is 5.92 Å². The van der Waals surface area contributed by atoms with Gasteiger partial charge in [0.1, 0.15) is 11.4 Å². The van der Waals surface area contributed by atoms with Crippen LogP contribution in [0.25, 0.3) is 10.9 Å². The van der Waals surface area contributed by atoms with Crippen LogP contribution in [0.5, 0.6) is 5.75 Å². The molecule has 1 atom stereocenters. The Morgan fingerprint density at radius 1 is 1.41 bits per heavy atom. The molecule has 0 bridgehead atoms. The molecule has 1 unspecified atom stereocenters. The van der Waals surface area contributed by atoms with Crippen LogP contribution in [0.3, 0.4) is 0 Å². The topological polar surface area (TPSA) is 54.1 Å². The highest BCUT2D eigenvalue weighted by Crippen LogP contribution is 2.34. The third-order valence-electron chi connectivity index (χ3n) is 3.34. The lowest BCUT2D eigenvalue weighted by molar-refractivity contribution is 0.415. The molecular formula is C13H14N2O2. The molecule has 0 saturated carbocycles. The maximum absolute atomic E-state index is 11.9. The summed E-state index contributed by atoms with van der Waals surface area (Å²) in [6.07, 6.45) is 0. The van der Waals surface area contributed by atoms with Crippen LogP contribution in [0.4, 0.5) is 5.69 Å². The lowest BCUT2D eigenvalue weighted by atomic mass is 9.99. The van der Waals surface area contributed by atoms with Crippen LogP contribution in [-0.2, 0) is 0 Å². The molecule has 1 aliphatic rings. The molecule has 2 heterocycles. The van der Waals surface area contributed by atoms with E-state index in [1.54, 1.807) is 7.11 Å². The van der Waals surface area contributed by atoms with Gasteiger partial charge in [-0.05, 0) is 17.7 Å². The van der Waals surface area contributed by atoms with E-state index in [2.05, 4.69) is 17.2 Å². The van der Waals surface area contributed by atoms with E-state index in [-0.39, 0.29) is 5.56 Å². The van der Waals surface area contributed by atoms with E-state index < -0.39 is 0 Å². The largest absolute Gasteiger partial charge is 0.497 e. The van der Waals surface area contributed by atoms with Gasteiger partial charge in [-0.1, -0.05) is 6.92 Å². The van der Waals surface area contributed by atoms with Gasteiger partial charge in [0.2, 0.25) is 0 Å². The number of ether oxygens (including phenoxy) is 1. The number of anilines is 1. The van der Waals surface area contributed by atoms with Gasteiger partial charge >= 0.3 is 0 Å². The minimum Gasteiger partial charge on any atom is -0.497 e. The van der Waals surface area contributed by atoms with Crippen molar-refractivity contribution < 1.29 is 4.74 Å². The van der Waals surface area contributed by atoms with Crippen molar-refractivity contribution >= 4 is 16.6 Å². The van der Waals surface area contributed by atoms with Crippen LogP contribution in [0.1, 0.15) is 18.4 Å². The van der Waals surface area contributed by atoms with Crippen LogP contribution >= 0.6 is 0 Å². The smallest absolute Gasteiger partial charge is 0.272 e. The van der Waals surface area contributed by atoms with Gasteiger partial charge in [-0.3, -0.25) is 4.79 Å². The number of hydrogen-bond acceptors (Lipinski definition) is 3. The lowest BCUT2D eigenvalue weighted by Gasteiger charge is -2.08.